The van der Waals surface area contributed by atoms with E-state index in [1.165, 1.54) is 22.0 Å². The fourth-order valence-electron chi connectivity index (χ4n) is 2.29. The summed E-state index contributed by atoms with van der Waals surface area (Å²) in [7, 11) is 0. The number of benzene rings is 1. The van der Waals surface area contributed by atoms with Crippen LogP contribution >= 0.6 is 0 Å². The Bertz CT molecular complexity index is 484. The maximum atomic E-state index is 6.12. The summed E-state index contributed by atoms with van der Waals surface area (Å²) in [5.41, 5.74) is 10.00. The van der Waals surface area contributed by atoms with Crippen molar-refractivity contribution in [1.82, 2.24) is 4.98 Å². The molecular weight excluding hydrogens is 196 g/mol. The zero-order chi connectivity index (χ0) is 11.7. The number of nitrogens with two attached hydrogens (primary N) is 1. The van der Waals surface area contributed by atoms with Gasteiger partial charge in [-0.05, 0) is 30.4 Å². The monoisotopic (exact) mass is 216 g/mol. The third-order valence-corrected chi connectivity index (χ3v) is 3.56. The summed E-state index contributed by atoms with van der Waals surface area (Å²) in [6.07, 6.45) is 3.12. The second-order valence-electron chi connectivity index (χ2n) is 4.60. The lowest BCUT2D eigenvalue weighted by molar-refractivity contribution is 0.554. The molecule has 0 fully saturated rings. The topological polar surface area (TPSA) is 41.8 Å². The molecule has 1 aromatic heterocycles. The number of H-pyrrole nitrogens is 1. The highest BCUT2D eigenvalue weighted by atomic mass is 14.7. The van der Waals surface area contributed by atoms with Crippen molar-refractivity contribution in [3.63, 3.8) is 0 Å². The first-order chi connectivity index (χ1) is 7.65. The molecule has 2 rings (SSSR count). The quantitative estimate of drug-likeness (QED) is 0.812. The van der Waals surface area contributed by atoms with Gasteiger partial charge in [-0.2, -0.15) is 0 Å². The van der Waals surface area contributed by atoms with Crippen LogP contribution in [0.25, 0.3) is 10.9 Å². The van der Waals surface area contributed by atoms with Crippen molar-refractivity contribution in [1.29, 1.82) is 0 Å². The van der Waals surface area contributed by atoms with Crippen molar-refractivity contribution < 1.29 is 0 Å². The zero-order valence-electron chi connectivity index (χ0n) is 10.2. The van der Waals surface area contributed by atoms with Crippen LogP contribution in [0.2, 0.25) is 0 Å². The minimum atomic E-state index is 0.236. The van der Waals surface area contributed by atoms with Gasteiger partial charge in [-0.15, -0.1) is 0 Å². The second-order valence-corrected chi connectivity index (χ2v) is 4.60. The van der Waals surface area contributed by atoms with Crippen LogP contribution in [0.5, 0.6) is 0 Å². The fourth-order valence-corrected chi connectivity index (χ4v) is 2.29. The van der Waals surface area contributed by atoms with Gasteiger partial charge in [0.25, 0.3) is 0 Å². The van der Waals surface area contributed by atoms with E-state index in [9.17, 15) is 0 Å². The third kappa shape index (κ3) is 1.74. The molecule has 3 N–H and O–H groups in total. The van der Waals surface area contributed by atoms with Gasteiger partial charge in [-0.25, -0.2) is 0 Å². The van der Waals surface area contributed by atoms with E-state index in [2.05, 4.69) is 50.2 Å². The molecular formula is C14H20N2. The van der Waals surface area contributed by atoms with Gasteiger partial charge < -0.3 is 10.7 Å². The minimum absolute atomic E-state index is 0.236. The lowest BCUT2D eigenvalue weighted by atomic mass is 9.92. The SMILES string of the molecule is CCC(N)C(C)c1c[nH]c2c(C)cccc12. The molecule has 16 heavy (non-hydrogen) atoms. The number of hydrogen-bond donors (Lipinski definition) is 2. The van der Waals surface area contributed by atoms with Crippen LogP contribution in [0.4, 0.5) is 0 Å². The molecule has 2 nitrogen and oxygen atoms in total. The van der Waals surface area contributed by atoms with Crippen molar-refractivity contribution >= 4 is 10.9 Å². The highest BCUT2D eigenvalue weighted by molar-refractivity contribution is 5.86. The predicted molar refractivity (Wildman–Crippen MR) is 69.7 cm³/mol. The summed E-state index contributed by atoms with van der Waals surface area (Å²) in [6.45, 7) is 6.48. The average Bonchev–Trinajstić information content (AvgIpc) is 2.72. The summed E-state index contributed by atoms with van der Waals surface area (Å²) in [6, 6.07) is 6.65. The van der Waals surface area contributed by atoms with E-state index in [-0.39, 0.29) is 6.04 Å². The van der Waals surface area contributed by atoms with E-state index >= 15 is 0 Å². The zero-order valence-corrected chi connectivity index (χ0v) is 10.2. The summed E-state index contributed by atoms with van der Waals surface area (Å²) >= 11 is 0. The van der Waals surface area contributed by atoms with Gasteiger partial charge in [-0.3, -0.25) is 0 Å². The number of aryl methyl sites for hydroxylation is 1. The number of nitrogens with one attached hydrogen (secondary N) is 1. The van der Waals surface area contributed by atoms with Gasteiger partial charge in [0.1, 0.15) is 0 Å². The molecule has 2 aromatic rings. The normalized spacial score (nSPS) is 15.2. The first-order valence-electron chi connectivity index (χ1n) is 5.97. The lowest BCUT2D eigenvalue weighted by Gasteiger charge is -2.17. The highest BCUT2D eigenvalue weighted by Gasteiger charge is 2.16. The molecule has 0 aliphatic rings. The Morgan fingerprint density at radius 1 is 1.38 bits per heavy atom. The summed E-state index contributed by atoms with van der Waals surface area (Å²) in [5.74, 6) is 0.403. The second kappa shape index (κ2) is 4.30. The molecule has 2 atom stereocenters. The van der Waals surface area contributed by atoms with Crippen LogP contribution in [0.3, 0.4) is 0 Å². The average molecular weight is 216 g/mol. The van der Waals surface area contributed by atoms with E-state index in [1.807, 2.05) is 0 Å². The van der Waals surface area contributed by atoms with Crippen molar-refractivity contribution in [3.8, 4) is 0 Å². The van der Waals surface area contributed by atoms with Crippen molar-refractivity contribution in [2.45, 2.75) is 39.2 Å². The molecule has 0 aliphatic carbocycles. The predicted octanol–water partition coefficient (Wildman–Crippen LogP) is 3.32. The number of aromatic nitrogens is 1. The number of rotatable bonds is 3. The summed E-state index contributed by atoms with van der Waals surface area (Å²) in [5, 5.41) is 1.32. The molecule has 0 radical (unpaired) electrons. The van der Waals surface area contributed by atoms with Crippen LogP contribution in [-0.4, -0.2) is 11.0 Å². The van der Waals surface area contributed by atoms with Crippen LogP contribution in [0.15, 0.2) is 24.4 Å². The van der Waals surface area contributed by atoms with Gasteiger partial charge >= 0.3 is 0 Å². The van der Waals surface area contributed by atoms with Gasteiger partial charge in [-0.1, -0.05) is 32.0 Å². The molecule has 1 aromatic carbocycles. The summed E-state index contributed by atoms with van der Waals surface area (Å²) < 4.78 is 0. The van der Waals surface area contributed by atoms with E-state index < -0.39 is 0 Å². The van der Waals surface area contributed by atoms with Gasteiger partial charge in [0, 0.05) is 23.1 Å². The molecule has 0 saturated carbocycles. The fraction of sp³-hybridized carbons (Fsp3) is 0.429. The first-order valence-corrected chi connectivity index (χ1v) is 5.97. The third-order valence-electron chi connectivity index (χ3n) is 3.56. The van der Waals surface area contributed by atoms with Gasteiger partial charge in [0.2, 0.25) is 0 Å². The minimum Gasteiger partial charge on any atom is -0.361 e. The molecule has 0 aliphatic heterocycles. The van der Waals surface area contributed by atoms with Crippen molar-refractivity contribution in [2.24, 2.45) is 5.73 Å². The Labute approximate surface area is 96.9 Å². The van der Waals surface area contributed by atoms with E-state index in [4.69, 9.17) is 5.73 Å². The number of para-hydroxylation sites is 1. The molecule has 2 heteroatoms. The molecule has 86 valence electrons. The molecule has 2 unspecified atom stereocenters. The highest BCUT2D eigenvalue weighted by Crippen LogP contribution is 2.29. The van der Waals surface area contributed by atoms with Crippen LogP contribution in [0, 0.1) is 6.92 Å². The number of hydrogen-bond acceptors (Lipinski definition) is 1. The van der Waals surface area contributed by atoms with Gasteiger partial charge in [0.05, 0.1) is 0 Å². The number of aromatic amines is 1. The van der Waals surface area contributed by atoms with E-state index in [0.717, 1.165) is 6.42 Å². The van der Waals surface area contributed by atoms with Crippen molar-refractivity contribution in [3.05, 3.63) is 35.5 Å². The lowest BCUT2D eigenvalue weighted by Crippen LogP contribution is -2.25. The number of fused-ring (bicyclic) bond motifs is 1. The first kappa shape index (κ1) is 11.2. The summed E-state index contributed by atoms with van der Waals surface area (Å²) in [4.78, 5) is 3.36. The Hall–Kier alpha value is -1.28. The van der Waals surface area contributed by atoms with Crippen molar-refractivity contribution in [2.75, 3.05) is 0 Å². The Morgan fingerprint density at radius 3 is 2.81 bits per heavy atom. The molecule has 0 bridgehead atoms. The molecule has 0 spiro atoms. The molecule has 0 amide bonds. The van der Waals surface area contributed by atoms with Crippen LogP contribution in [0.1, 0.15) is 37.3 Å². The molecule has 0 saturated heterocycles. The Morgan fingerprint density at radius 2 is 2.12 bits per heavy atom. The molecule has 1 heterocycles. The van der Waals surface area contributed by atoms with E-state index in [0.29, 0.717) is 5.92 Å². The van der Waals surface area contributed by atoms with Crippen LogP contribution in [-0.2, 0) is 0 Å². The largest absolute Gasteiger partial charge is 0.361 e. The Kier molecular flexibility index (Phi) is 3.01. The smallest absolute Gasteiger partial charge is 0.0486 e. The van der Waals surface area contributed by atoms with Gasteiger partial charge in [0.15, 0.2) is 0 Å². The van der Waals surface area contributed by atoms with Crippen LogP contribution < -0.4 is 5.73 Å². The Balaban J connectivity index is 2.50. The van der Waals surface area contributed by atoms with E-state index in [1.54, 1.807) is 0 Å². The maximum absolute atomic E-state index is 6.12. The maximum Gasteiger partial charge on any atom is 0.0486 e. The standard InChI is InChI=1S/C14H20N2/c1-4-13(15)10(3)12-8-16-14-9(2)6-5-7-11(12)14/h5-8,10,13,16H,4,15H2,1-3H3.